The SMILES string of the molecule is CC(C)Cc1nc(-c2ccc(F)c(F)c2)nc(N)c1Br. The smallest absolute Gasteiger partial charge is 0.161 e. The summed E-state index contributed by atoms with van der Waals surface area (Å²) in [6.07, 6.45) is 0.712. The molecule has 0 unspecified atom stereocenters. The number of halogens is 3. The van der Waals surface area contributed by atoms with Crippen LogP contribution in [0.3, 0.4) is 0 Å². The van der Waals surface area contributed by atoms with Gasteiger partial charge in [-0.1, -0.05) is 13.8 Å². The Balaban J connectivity index is 2.51. The first-order valence-electron chi connectivity index (χ1n) is 6.15. The molecule has 3 nitrogen and oxygen atoms in total. The monoisotopic (exact) mass is 341 g/mol. The zero-order valence-corrected chi connectivity index (χ0v) is 12.7. The molecule has 6 heteroatoms. The van der Waals surface area contributed by atoms with Crippen molar-refractivity contribution in [3.63, 3.8) is 0 Å². The molecule has 0 aliphatic carbocycles. The zero-order valence-electron chi connectivity index (χ0n) is 11.1. The van der Waals surface area contributed by atoms with E-state index in [1.807, 2.05) is 0 Å². The summed E-state index contributed by atoms with van der Waals surface area (Å²) in [5, 5.41) is 0. The zero-order chi connectivity index (χ0) is 14.9. The van der Waals surface area contributed by atoms with Crippen LogP contribution in [0.4, 0.5) is 14.6 Å². The minimum atomic E-state index is -0.932. The summed E-state index contributed by atoms with van der Waals surface area (Å²) in [4.78, 5) is 8.50. The van der Waals surface area contributed by atoms with Crippen LogP contribution in [0, 0.1) is 17.6 Å². The Labute approximate surface area is 124 Å². The quantitative estimate of drug-likeness (QED) is 0.918. The maximum Gasteiger partial charge on any atom is 0.161 e. The Hall–Kier alpha value is -1.56. The number of aromatic nitrogens is 2. The fraction of sp³-hybridized carbons (Fsp3) is 0.286. The topological polar surface area (TPSA) is 51.8 Å². The summed E-state index contributed by atoms with van der Waals surface area (Å²) >= 11 is 3.36. The molecule has 0 fully saturated rings. The molecular weight excluding hydrogens is 328 g/mol. The predicted molar refractivity (Wildman–Crippen MR) is 78.0 cm³/mol. The van der Waals surface area contributed by atoms with Gasteiger partial charge in [0, 0.05) is 5.56 Å². The van der Waals surface area contributed by atoms with Gasteiger partial charge in [0.05, 0.1) is 10.2 Å². The molecule has 0 aliphatic heterocycles. The molecule has 0 saturated heterocycles. The van der Waals surface area contributed by atoms with Gasteiger partial charge >= 0.3 is 0 Å². The predicted octanol–water partition coefficient (Wildman–Crippen LogP) is 3.97. The molecular formula is C14H14BrF2N3. The maximum absolute atomic E-state index is 13.3. The van der Waals surface area contributed by atoms with E-state index in [0.717, 1.165) is 17.8 Å². The Bertz CT molecular complexity index is 645. The van der Waals surface area contributed by atoms with E-state index in [2.05, 4.69) is 39.7 Å². The molecule has 20 heavy (non-hydrogen) atoms. The molecule has 1 aromatic carbocycles. The molecule has 1 aromatic heterocycles. The number of nitrogen functional groups attached to an aromatic ring is 1. The van der Waals surface area contributed by atoms with Gasteiger partial charge < -0.3 is 5.73 Å². The first kappa shape index (κ1) is 14.8. The number of hydrogen-bond acceptors (Lipinski definition) is 3. The molecule has 0 saturated carbocycles. The normalized spacial score (nSPS) is 11.1. The maximum atomic E-state index is 13.3. The molecule has 106 valence electrons. The van der Waals surface area contributed by atoms with Crippen LogP contribution in [-0.2, 0) is 6.42 Å². The number of anilines is 1. The highest BCUT2D eigenvalue weighted by atomic mass is 79.9. The van der Waals surface area contributed by atoms with Crippen LogP contribution in [0.25, 0.3) is 11.4 Å². The van der Waals surface area contributed by atoms with Gasteiger partial charge in [-0.05, 0) is 46.5 Å². The number of benzene rings is 1. The lowest BCUT2D eigenvalue weighted by Crippen LogP contribution is -2.06. The summed E-state index contributed by atoms with van der Waals surface area (Å²) in [6, 6.07) is 3.55. The van der Waals surface area contributed by atoms with Crippen molar-refractivity contribution in [2.45, 2.75) is 20.3 Å². The van der Waals surface area contributed by atoms with Crippen molar-refractivity contribution in [2.24, 2.45) is 5.92 Å². The fourth-order valence-corrected chi connectivity index (χ4v) is 2.14. The lowest BCUT2D eigenvalue weighted by molar-refractivity contribution is 0.509. The van der Waals surface area contributed by atoms with Gasteiger partial charge in [-0.15, -0.1) is 0 Å². The van der Waals surface area contributed by atoms with Crippen molar-refractivity contribution in [1.82, 2.24) is 9.97 Å². The lowest BCUT2D eigenvalue weighted by atomic mass is 10.1. The van der Waals surface area contributed by atoms with Gasteiger partial charge in [-0.3, -0.25) is 0 Å². The van der Waals surface area contributed by atoms with Crippen molar-refractivity contribution in [1.29, 1.82) is 0 Å². The summed E-state index contributed by atoms with van der Waals surface area (Å²) < 4.78 is 26.9. The molecule has 0 spiro atoms. The van der Waals surface area contributed by atoms with Gasteiger partial charge in [-0.25, -0.2) is 18.7 Å². The molecule has 2 aromatic rings. The molecule has 0 bridgehead atoms. The minimum absolute atomic E-state index is 0.287. The van der Waals surface area contributed by atoms with Crippen molar-refractivity contribution < 1.29 is 8.78 Å². The van der Waals surface area contributed by atoms with Crippen molar-refractivity contribution in [3.05, 3.63) is 40.0 Å². The van der Waals surface area contributed by atoms with Gasteiger partial charge in [0.1, 0.15) is 5.82 Å². The largest absolute Gasteiger partial charge is 0.383 e. The van der Waals surface area contributed by atoms with Crippen LogP contribution in [0.15, 0.2) is 22.7 Å². The Morgan fingerprint density at radius 1 is 1.20 bits per heavy atom. The molecule has 0 amide bonds. The summed E-state index contributed by atoms with van der Waals surface area (Å²) in [6.45, 7) is 4.12. The number of nitrogens with zero attached hydrogens (tertiary/aromatic N) is 2. The van der Waals surface area contributed by atoms with Crippen LogP contribution in [-0.4, -0.2) is 9.97 Å². The highest BCUT2D eigenvalue weighted by molar-refractivity contribution is 9.10. The van der Waals surface area contributed by atoms with Gasteiger partial charge in [-0.2, -0.15) is 0 Å². The van der Waals surface area contributed by atoms with Crippen molar-refractivity contribution in [3.8, 4) is 11.4 Å². The Morgan fingerprint density at radius 3 is 2.50 bits per heavy atom. The van der Waals surface area contributed by atoms with E-state index in [1.54, 1.807) is 0 Å². The molecule has 0 aliphatic rings. The highest BCUT2D eigenvalue weighted by Crippen LogP contribution is 2.27. The van der Waals surface area contributed by atoms with Crippen LogP contribution < -0.4 is 5.73 Å². The first-order valence-corrected chi connectivity index (χ1v) is 6.95. The van der Waals surface area contributed by atoms with Crippen molar-refractivity contribution >= 4 is 21.7 Å². The van der Waals surface area contributed by atoms with Crippen LogP contribution >= 0.6 is 15.9 Å². The van der Waals surface area contributed by atoms with Crippen LogP contribution in [0.5, 0.6) is 0 Å². The first-order chi connectivity index (χ1) is 9.38. The standard InChI is InChI=1S/C14H14BrF2N3/c1-7(2)5-11-12(15)13(18)20-14(19-11)8-3-4-9(16)10(17)6-8/h3-4,6-7H,5H2,1-2H3,(H2,18,19,20). The molecule has 1 heterocycles. The molecule has 2 rings (SSSR count). The van der Waals surface area contributed by atoms with E-state index < -0.39 is 11.6 Å². The fourth-order valence-electron chi connectivity index (χ4n) is 1.80. The number of rotatable bonds is 3. The second kappa shape index (κ2) is 5.83. The van der Waals surface area contributed by atoms with E-state index in [-0.39, 0.29) is 5.82 Å². The summed E-state index contributed by atoms with van der Waals surface area (Å²) in [5.41, 5.74) is 6.99. The van der Waals surface area contributed by atoms with E-state index in [1.165, 1.54) is 6.07 Å². The molecule has 0 radical (unpaired) electrons. The third kappa shape index (κ3) is 3.12. The number of nitrogens with two attached hydrogens (primary N) is 1. The van der Waals surface area contributed by atoms with E-state index >= 15 is 0 Å². The lowest BCUT2D eigenvalue weighted by Gasteiger charge is -2.11. The van der Waals surface area contributed by atoms with Crippen LogP contribution in [0.2, 0.25) is 0 Å². The molecule has 2 N–H and O–H groups in total. The minimum Gasteiger partial charge on any atom is -0.383 e. The average Bonchev–Trinajstić information content (AvgIpc) is 2.37. The Morgan fingerprint density at radius 2 is 1.90 bits per heavy atom. The highest BCUT2D eigenvalue weighted by Gasteiger charge is 2.14. The molecule has 0 atom stereocenters. The van der Waals surface area contributed by atoms with E-state index in [0.29, 0.717) is 28.2 Å². The van der Waals surface area contributed by atoms with Crippen molar-refractivity contribution in [2.75, 3.05) is 5.73 Å². The van der Waals surface area contributed by atoms with E-state index in [4.69, 9.17) is 5.73 Å². The van der Waals surface area contributed by atoms with E-state index in [9.17, 15) is 8.78 Å². The number of hydrogen-bond donors (Lipinski definition) is 1. The van der Waals surface area contributed by atoms with Gasteiger partial charge in [0.2, 0.25) is 0 Å². The third-order valence-corrected chi connectivity index (χ3v) is 3.59. The average molecular weight is 342 g/mol. The van der Waals surface area contributed by atoms with Crippen LogP contribution in [0.1, 0.15) is 19.5 Å². The Kier molecular flexibility index (Phi) is 4.32. The van der Waals surface area contributed by atoms with Gasteiger partial charge in [0.25, 0.3) is 0 Å². The summed E-state index contributed by atoms with van der Waals surface area (Å²) in [5.74, 6) is -0.867. The van der Waals surface area contributed by atoms with Gasteiger partial charge in [0.15, 0.2) is 17.5 Å². The second-order valence-corrected chi connectivity index (χ2v) is 5.71. The third-order valence-electron chi connectivity index (χ3n) is 2.72. The second-order valence-electron chi connectivity index (χ2n) is 4.92. The summed E-state index contributed by atoms with van der Waals surface area (Å²) in [7, 11) is 0.